The van der Waals surface area contributed by atoms with E-state index >= 15 is 0 Å². The zero-order chi connectivity index (χ0) is 23.4. The Morgan fingerprint density at radius 2 is 1.16 bits per heavy atom. The Kier molecular flexibility index (Phi) is 7.00. The number of benzene rings is 3. The summed E-state index contributed by atoms with van der Waals surface area (Å²) in [6.45, 7) is 2.24. The molecule has 0 bridgehead atoms. The van der Waals surface area contributed by atoms with Crippen LogP contribution in [0.5, 0.6) is 0 Å². The molecule has 0 radical (unpaired) electrons. The zero-order valence-electron chi connectivity index (χ0n) is 17.4. The van der Waals surface area contributed by atoms with Gasteiger partial charge in [0.2, 0.25) is 4.08 Å². The first kappa shape index (κ1) is 23.9. The molecule has 2 N–H and O–H groups in total. The van der Waals surface area contributed by atoms with Gasteiger partial charge in [0, 0.05) is 12.3 Å². The SMILES string of the molecule is CC(c1ccccc1)c1ccccc1.O=S(=O)(O)C1(S(=O)(=O)O)C=Cc2ccccc2C1. The quantitative estimate of drug-likeness (QED) is 0.539. The lowest BCUT2D eigenvalue weighted by Gasteiger charge is -2.27. The Morgan fingerprint density at radius 1 is 0.719 bits per heavy atom. The number of fused-ring (bicyclic) bond motifs is 1. The van der Waals surface area contributed by atoms with Crippen LogP contribution in [0.25, 0.3) is 6.08 Å². The monoisotopic (exact) mass is 472 g/mol. The van der Waals surface area contributed by atoms with Crippen LogP contribution < -0.4 is 0 Å². The minimum atomic E-state index is -5.01. The van der Waals surface area contributed by atoms with Gasteiger partial charge in [0.05, 0.1) is 0 Å². The third kappa shape index (κ3) is 4.99. The first-order valence-corrected chi connectivity index (χ1v) is 12.7. The van der Waals surface area contributed by atoms with Crippen LogP contribution in [-0.4, -0.2) is 30.0 Å². The summed E-state index contributed by atoms with van der Waals surface area (Å²) < 4.78 is 60.9. The van der Waals surface area contributed by atoms with E-state index in [-0.39, 0.29) is 0 Å². The van der Waals surface area contributed by atoms with Crippen molar-refractivity contribution >= 4 is 26.3 Å². The molecule has 1 aliphatic carbocycles. The predicted octanol–water partition coefficient (Wildman–Crippen LogP) is 4.57. The molecule has 0 spiro atoms. The molecule has 3 aromatic carbocycles. The summed E-state index contributed by atoms with van der Waals surface area (Å²) >= 11 is 0. The molecule has 0 aliphatic heterocycles. The molecule has 0 heterocycles. The minimum Gasteiger partial charge on any atom is -0.284 e. The molecule has 0 amide bonds. The Bertz CT molecular complexity index is 1230. The predicted molar refractivity (Wildman–Crippen MR) is 125 cm³/mol. The molecule has 8 heteroatoms. The zero-order valence-corrected chi connectivity index (χ0v) is 19.0. The molecule has 4 rings (SSSR count). The van der Waals surface area contributed by atoms with Gasteiger partial charge in [-0.05, 0) is 28.3 Å². The molecular formula is C24H24O6S2. The van der Waals surface area contributed by atoms with Crippen LogP contribution in [-0.2, 0) is 26.7 Å². The standard InChI is InChI=1S/C14H14.C10H10O6S2/c1-12(13-8-4-2-5-9-13)14-10-6-3-7-11-14;11-17(12,13)10(18(14,15)16)6-5-8-3-1-2-4-9(8)7-10/h2-12H,1H3;1-6H,7H2,(H,11,12,13)(H,14,15,16). The van der Waals surface area contributed by atoms with E-state index in [1.54, 1.807) is 18.2 Å². The highest BCUT2D eigenvalue weighted by atomic mass is 32.3. The maximum atomic E-state index is 11.3. The van der Waals surface area contributed by atoms with Crippen LogP contribution in [0.2, 0.25) is 0 Å². The molecule has 168 valence electrons. The van der Waals surface area contributed by atoms with Crippen LogP contribution in [0.15, 0.2) is 91.0 Å². The van der Waals surface area contributed by atoms with Crippen molar-refractivity contribution in [3.05, 3.63) is 113 Å². The molecule has 0 fully saturated rings. The molecule has 1 aliphatic rings. The topological polar surface area (TPSA) is 109 Å². The average molecular weight is 473 g/mol. The number of hydrogen-bond acceptors (Lipinski definition) is 4. The molecule has 6 nitrogen and oxygen atoms in total. The highest BCUT2D eigenvalue weighted by molar-refractivity contribution is 8.05. The second kappa shape index (κ2) is 9.38. The highest BCUT2D eigenvalue weighted by Crippen LogP contribution is 2.35. The Balaban J connectivity index is 0.000000186. The van der Waals surface area contributed by atoms with Gasteiger partial charge in [0.15, 0.2) is 0 Å². The lowest BCUT2D eigenvalue weighted by Crippen LogP contribution is -2.47. The second-order valence-electron chi connectivity index (χ2n) is 7.51. The van der Waals surface area contributed by atoms with E-state index in [0.29, 0.717) is 17.0 Å². The molecule has 3 aromatic rings. The molecular weight excluding hydrogens is 448 g/mol. The molecule has 0 saturated carbocycles. The van der Waals surface area contributed by atoms with E-state index in [2.05, 4.69) is 67.6 Å². The van der Waals surface area contributed by atoms with Gasteiger partial charge in [-0.25, -0.2) is 0 Å². The average Bonchev–Trinajstić information content (AvgIpc) is 2.78. The van der Waals surface area contributed by atoms with E-state index in [0.717, 1.165) is 6.08 Å². The largest absolute Gasteiger partial charge is 0.291 e. The molecule has 0 saturated heterocycles. The summed E-state index contributed by atoms with van der Waals surface area (Å²) in [6.07, 6.45) is 1.51. The van der Waals surface area contributed by atoms with Crippen molar-refractivity contribution in [2.45, 2.75) is 23.3 Å². The second-order valence-corrected chi connectivity index (χ2v) is 11.1. The fraction of sp³-hybridized carbons (Fsp3) is 0.167. The lowest BCUT2D eigenvalue weighted by molar-refractivity contribution is 0.436. The van der Waals surface area contributed by atoms with Crippen molar-refractivity contribution in [1.29, 1.82) is 0 Å². The van der Waals surface area contributed by atoms with Gasteiger partial charge in [0.1, 0.15) is 0 Å². The smallest absolute Gasteiger partial charge is 0.284 e. The van der Waals surface area contributed by atoms with Gasteiger partial charge in [0.25, 0.3) is 20.2 Å². The van der Waals surface area contributed by atoms with Gasteiger partial charge < -0.3 is 0 Å². The number of hydrogen-bond donors (Lipinski definition) is 2. The van der Waals surface area contributed by atoms with E-state index in [9.17, 15) is 16.8 Å². The highest BCUT2D eigenvalue weighted by Gasteiger charge is 2.53. The molecule has 0 unspecified atom stereocenters. The first-order chi connectivity index (χ1) is 15.1. The van der Waals surface area contributed by atoms with Gasteiger partial charge >= 0.3 is 0 Å². The summed E-state index contributed by atoms with van der Waals surface area (Å²) in [5, 5.41) is 0. The van der Waals surface area contributed by atoms with Crippen molar-refractivity contribution < 1.29 is 25.9 Å². The maximum Gasteiger partial charge on any atom is 0.291 e. The van der Waals surface area contributed by atoms with Crippen LogP contribution in [0, 0.1) is 0 Å². The third-order valence-corrected chi connectivity index (χ3v) is 9.05. The third-order valence-electron chi connectivity index (χ3n) is 5.48. The van der Waals surface area contributed by atoms with Crippen molar-refractivity contribution in [2.75, 3.05) is 0 Å². The van der Waals surface area contributed by atoms with Gasteiger partial charge in [-0.1, -0.05) is 97.9 Å². The van der Waals surface area contributed by atoms with Crippen LogP contribution in [0.1, 0.15) is 35.1 Å². The van der Waals surface area contributed by atoms with Gasteiger partial charge in [-0.3, -0.25) is 9.11 Å². The van der Waals surface area contributed by atoms with Crippen LogP contribution in [0.4, 0.5) is 0 Å². The van der Waals surface area contributed by atoms with Crippen molar-refractivity contribution in [1.82, 2.24) is 0 Å². The lowest BCUT2D eigenvalue weighted by atomic mass is 9.93. The van der Waals surface area contributed by atoms with E-state index in [1.165, 1.54) is 23.3 Å². The molecule has 32 heavy (non-hydrogen) atoms. The van der Waals surface area contributed by atoms with E-state index in [4.69, 9.17) is 9.11 Å². The molecule has 0 atom stereocenters. The summed E-state index contributed by atoms with van der Waals surface area (Å²) in [5.41, 5.74) is 3.80. The minimum absolute atomic E-state index is 0.412. The van der Waals surface area contributed by atoms with Gasteiger partial charge in [-0.2, -0.15) is 16.8 Å². The number of rotatable bonds is 4. The van der Waals surface area contributed by atoms with Crippen LogP contribution in [0.3, 0.4) is 0 Å². The maximum absolute atomic E-state index is 11.3. The van der Waals surface area contributed by atoms with E-state index in [1.807, 2.05) is 0 Å². The fourth-order valence-corrected chi connectivity index (χ4v) is 5.78. The fourth-order valence-electron chi connectivity index (χ4n) is 3.56. The van der Waals surface area contributed by atoms with Crippen LogP contribution >= 0.6 is 0 Å². The Labute approximate surface area is 188 Å². The molecule has 0 aromatic heterocycles. The van der Waals surface area contributed by atoms with Crippen molar-refractivity contribution in [3.8, 4) is 0 Å². The van der Waals surface area contributed by atoms with Crippen molar-refractivity contribution in [3.63, 3.8) is 0 Å². The normalized spacial score (nSPS) is 14.9. The van der Waals surface area contributed by atoms with Crippen molar-refractivity contribution in [2.24, 2.45) is 0 Å². The van der Waals surface area contributed by atoms with Gasteiger partial charge in [-0.15, -0.1) is 0 Å². The first-order valence-electron chi connectivity index (χ1n) is 9.86. The summed E-state index contributed by atoms with van der Waals surface area (Å²) in [7, 11) is -10.0. The summed E-state index contributed by atoms with van der Waals surface area (Å²) in [5.74, 6) is 0.484. The Morgan fingerprint density at radius 3 is 1.62 bits per heavy atom. The summed E-state index contributed by atoms with van der Waals surface area (Å²) in [4.78, 5) is 0. The van der Waals surface area contributed by atoms with E-state index < -0.39 is 30.7 Å². The summed E-state index contributed by atoms with van der Waals surface area (Å²) in [6, 6.07) is 27.7. The Hall–Kier alpha value is -2.78.